The zero-order valence-corrected chi connectivity index (χ0v) is 13.4. The number of hydrogen-bond donors (Lipinski definition) is 2. The lowest BCUT2D eigenvalue weighted by atomic mass is 10.2. The van der Waals surface area contributed by atoms with E-state index in [-0.39, 0.29) is 0 Å². The number of methoxy groups -OCH3 is 3. The van der Waals surface area contributed by atoms with Gasteiger partial charge < -0.3 is 24.8 Å². The first-order chi connectivity index (χ1) is 11.2. The summed E-state index contributed by atoms with van der Waals surface area (Å²) in [6.07, 6.45) is 4.11. The molecule has 1 heterocycles. The molecule has 0 unspecified atom stereocenters. The quantitative estimate of drug-likeness (QED) is 0.813. The maximum Gasteiger partial charge on any atom is 0.229 e. The Morgan fingerprint density at radius 2 is 1.74 bits per heavy atom. The largest absolute Gasteiger partial charge is 0.493 e. The molecular formula is C16H20N4O3. The molecule has 0 radical (unpaired) electrons. The average molecular weight is 316 g/mol. The molecule has 0 aliphatic heterocycles. The normalized spacial score (nSPS) is 13.3. The molecule has 0 amide bonds. The summed E-state index contributed by atoms with van der Waals surface area (Å²) in [4.78, 5) is 8.70. The lowest BCUT2D eigenvalue weighted by Gasteiger charge is -2.14. The standard InChI is InChI=1S/C16H20N4O3/c1-21-12-8-11(9-13(22-2)15(12)23-3)19-16-17-7-6-14(20-16)18-10-4-5-10/h6-10H,4-5H2,1-3H3,(H2,17,18,19,20). The number of aromatic nitrogens is 2. The zero-order chi connectivity index (χ0) is 16.2. The van der Waals surface area contributed by atoms with Crippen molar-refractivity contribution in [3.05, 3.63) is 24.4 Å². The molecule has 0 saturated heterocycles. The lowest BCUT2D eigenvalue weighted by Crippen LogP contribution is -2.05. The van der Waals surface area contributed by atoms with Crippen LogP contribution in [-0.4, -0.2) is 37.3 Å². The molecule has 1 aliphatic rings. The van der Waals surface area contributed by atoms with Crippen LogP contribution in [0, 0.1) is 0 Å². The Bertz CT molecular complexity index is 664. The Balaban J connectivity index is 1.84. The summed E-state index contributed by atoms with van der Waals surface area (Å²) in [5.74, 6) is 3.01. The van der Waals surface area contributed by atoms with Crippen LogP contribution < -0.4 is 24.8 Å². The van der Waals surface area contributed by atoms with E-state index in [1.807, 2.05) is 18.2 Å². The molecule has 0 atom stereocenters. The molecule has 3 rings (SSSR count). The molecule has 23 heavy (non-hydrogen) atoms. The lowest BCUT2D eigenvalue weighted by molar-refractivity contribution is 0.324. The molecule has 7 heteroatoms. The van der Waals surface area contributed by atoms with Gasteiger partial charge in [-0.15, -0.1) is 0 Å². The Hall–Kier alpha value is -2.70. The van der Waals surface area contributed by atoms with Gasteiger partial charge in [-0.3, -0.25) is 0 Å². The van der Waals surface area contributed by atoms with Crippen LogP contribution in [0.1, 0.15) is 12.8 Å². The topological polar surface area (TPSA) is 77.5 Å². The Morgan fingerprint density at radius 1 is 1.04 bits per heavy atom. The van der Waals surface area contributed by atoms with Crippen molar-refractivity contribution in [2.24, 2.45) is 0 Å². The van der Waals surface area contributed by atoms with Crippen LogP contribution in [0.5, 0.6) is 17.2 Å². The van der Waals surface area contributed by atoms with Crippen molar-refractivity contribution in [2.75, 3.05) is 32.0 Å². The van der Waals surface area contributed by atoms with Crippen LogP contribution in [0.2, 0.25) is 0 Å². The van der Waals surface area contributed by atoms with Crippen LogP contribution in [0.4, 0.5) is 17.5 Å². The first-order valence-corrected chi connectivity index (χ1v) is 7.40. The fraction of sp³-hybridized carbons (Fsp3) is 0.375. The van der Waals surface area contributed by atoms with E-state index in [1.165, 1.54) is 12.8 Å². The highest BCUT2D eigenvalue weighted by Crippen LogP contribution is 2.40. The van der Waals surface area contributed by atoms with E-state index in [1.54, 1.807) is 27.5 Å². The van der Waals surface area contributed by atoms with Crippen molar-refractivity contribution in [3.8, 4) is 17.2 Å². The van der Waals surface area contributed by atoms with Gasteiger partial charge in [0.2, 0.25) is 11.7 Å². The van der Waals surface area contributed by atoms with E-state index < -0.39 is 0 Å². The van der Waals surface area contributed by atoms with E-state index >= 15 is 0 Å². The van der Waals surface area contributed by atoms with Gasteiger partial charge in [0.1, 0.15) is 5.82 Å². The molecule has 2 N–H and O–H groups in total. The summed E-state index contributed by atoms with van der Waals surface area (Å²) >= 11 is 0. The molecule has 2 aromatic rings. The van der Waals surface area contributed by atoms with Gasteiger partial charge in [-0.25, -0.2) is 4.98 Å². The fourth-order valence-corrected chi connectivity index (χ4v) is 2.22. The van der Waals surface area contributed by atoms with Gasteiger partial charge in [0.05, 0.1) is 21.3 Å². The number of rotatable bonds is 7. The number of nitrogens with one attached hydrogen (secondary N) is 2. The van der Waals surface area contributed by atoms with Crippen LogP contribution in [0.15, 0.2) is 24.4 Å². The minimum atomic E-state index is 0.505. The minimum absolute atomic E-state index is 0.505. The molecule has 1 aliphatic carbocycles. The van der Waals surface area contributed by atoms with Gasteiger partial charge in [0.25, 0.3) is 0 Å². The van der Waals surface area contributed by atoms with E-state index in [4.69, 9.17) is 14.2 Å². The first-order valence-electron chi connectivity index (χ1n) is 7.40. The second-order valence-electron chi connectivity index (χ2n) is 5.22. The minimum Gasteiger partial charge on any atom is -0.493 e. The summed E-state index contributed by atoms with van der Waals surface area (Å²) in [5.41, 5.74) is 0.753. The fourth-order valence-electron chi connectivity index (χ4n) is 2.22. The van der Waals surface area contributed by atoms with Gasteiger partial charge in [-0.2, -0.15) is 4.98 Å². The third kappa shape index (κ3) is 3.56. The van der Waals surface area contributed by atoms with Crippen LogP contribution in [0.3, 0.4) is 0 Å². The van der Waals surface area contributed by atoms with Gasteiger partial charge in [0.15, 0.2) is 11.5 Å². The SMILES string of the molecule is COc1cc(Nc2nccc(NC3CC3)n2)cc(OC)c1OC. The van der Waals surface area contributed by atoms with E-state index in [0.717, 1.165) is 11.5 Å². The number of benzene rings is 1. The van der Waals surface area contributed by atoms with Crippen LogP contribution in [-0.2, 0) is 0 Å². The highest BCUT2D eigenvalue weighted by Gasteiger charge is 2.21. The number of ether oxygens (including phenoxy) is 3. The highest BCUT2D eigenvalue weighted by molar-refractivity contribution is 5.66. The summed E-state index contributed by atoms with van der Waals surface area (Å²) in [6.45, 7) is 0. The molecule has 1 aromatic heterocycles. The monoisotopic (exact) mass is 316 g/mol. The predicted molar refractivity (Wildman–Crippen MR) is 88.1 cm³/mol. The van der Waals surface area contributed by atoms with Crippen molar-refractivity contribution in [2.45, 2.75) is 18.9 Å². The Morgan fingerprint density at radius 3 is 2.30 bits per heavy atom. The maximum absolute atomic E-state index is 5.34. The molecule has 1 fully saturated rings. The van der Waals surface area contributed by atoms with Crippen molar-refractivity contribution in [3.63, 3.8) is 0 Å². The zero-order valence-electron chi connectivity index (χ0n) is 13.4. The average Bonchev–Trinajstić information content (AvgIpc) is 3.38. The number of hydrogen-bond acceptors (Lipinski definition) is 7. The Kier molecular flexibility index (Phi) is 4.36. The summed E-state index contributed by atoms with van der Waals surface area (Å²) < 4.78 is 16.0. The van der Waals surface area contributed by atoms with Crippen molar-refractivity contribution in [1.82, 2.24) is 9.97 Å². The van der Waals surface area contributed by atoms with Gasteiger partial charge in [-0.1, -0.05) is 0 Å². The number of nitrogens with zero attached hydrogens (tertiary/aromatic N) is 2. The maximum atomic E-state index is 5.34. The molecule has 0 bridgehead atoms. The van der Waals surface area contributed by atoms with Gasteiger partial charge in [-0.05, 0) is 18.9 Å². The van der Waals surface area contributed by atoms with Crippen molar-refractivity contribution >= 4 is 17.5 Å². The first kappa shape index (κ1) is 15.2. The summed E-state index contributed by atoms with van der Waals surface area (Å²) in [6, 6.07) is 6.02. The smallest absolute Gasteiger partial charge is 0.229 e. The predicted octanol–water partition coefficient (Wildman–Crippen LogP) is 2.82. The van der Waals surface area contributed by atoms with E-state index in [9.17, 15) is 0 Å². The third-order valence-electron chi connectivity index (χ3n) is 3.51. The molecular weight excluding hydrogens is 296 g/mol. The molecule has 1 saturated carbocycles. The van der Waals surface area contributed by atoms with Crippen LogP contribution >= 0.6 is 0 Å². The van der Waals surface area contributed by atoms with Gasteiger partial charge >= 0.3 is 0 Å². The van der Waals surface area contributed by atoms with E-state index in [0.29, 0.717) is 29.2 Å². The molecule has 7 nitrogen and oxygen atoms in total. The van der Waals surface area contributed by atoms with Crippen LogP contribution in [0.25, 0.3) is 0 Å². The second kappa shape index (κ2) is 6.60. The summed E-state index contributed by atoms with van der Waals surface area (Å²) in [5, 5.41) is 6.51. The third-order valence-corrected chi connectivity index (χ3v) is 3.51. The Labute approximate surface area is 135 Å². The highest BCUT2D eigenvalue weighted by atomic mass is 16.5. The summed E-state index contributed by atoms with van der Waals surface area (Å²) in [7, 11) is 4.74. The molecule has 122 valence electrons. The molecule has 0 spiro atoms. The van der Waals surface area contributed by atoms with Crippen molar-refractivity contribution in [1.29, 1.82) is 0 Å². The number of anilines is 3. The van der Waals surface area contributed by atoms with E-state index in [2.05, 4.69) is 20.6 Å². The molecule has 1 aromatic carbocycles. The van der Waals surface area contributed by atoms with Crippen molar-refractivity contribution < 1.29 is 14.2 Å². The second-order valence-corrected chi connectivity index (χ2v) is 5.22. The van der Waals surface area contributed by atoms with Gasteiger partial charge in [0, 0.05) is 30.1 Å².